The maximum absolute atomic E-state index is 9.10. The summed E-state index contributed by atoms with van der Waals surface area (Å²) in [5, 5.41) is 12.3. The molecule has 0 spiro atoms. The van der Waals surface area contributed by atoms with Crippen molar-refractivity contribution < 1.29 is 5.21 Å². The first-order valence-corrected chi connectivity index (χ1v) is 8.07. The molecule has 0 saturated carbocycles. The van der Waals surface area contributed by atoms with Crippen LogP contribution in [0.15, 0.2) is 28.3 Å². The van der Waals surface area contributed by atoms with Crippen molar-refractivity contribution in [2.45, 2.75) is 38.1 Å². The minimum absolute atomic E-state index is 0.198. The van der Waals surface area contributed by atoms with Crippen LogP contribution < -0.4 is 10.6 Å². The second kappa shape index (κ2) is 6.39. The normalized spacial score (nSPS) is 23.4. The molecule has 2 unspecified atom stereocenters. The van der Waals surface area contributed by atoms with Gasteiger partial charge in [-0.15, -0.1) is 11.8 Å². The van der Waals surface area contributed by atoms with Gasteiger partial charge in [0.2, 0.25) is 0 Å². The van der Waals surface area contributed by atoms with Crippen LogP contribution in [0.4, 0.5) is 5.69 Å². The van der Waals surface area contributed by atoms with Crippen LogP contribution in [-0.4, -0.2) is 29.4 Å². The second-order valence-electron chi connectivity index (χ2n) is 5.41. The Kier molecular flexibility index (Phi) is 4.81. The molecule has 1 aromatic carbocycles. The summed E-state index contributed by atoms with van der Waals surface area (Å²) in [6.45, 7) is 7.63. The van der Waals surface area contributed by atoms with E-state index < -0.39 is 0 Å². The van der Waals surface area contributed by atoms with Crippen molar-refractivity contribution in [2.75, 3.05) is 17.2 Å². The number of amidine groups is 1. The molecule has 3 N–H and O–H groups in total. The van der Waals surface area contributed by atoms with Gasteiger partial charge in [0.1, 0.15) is 0 Å². The van der Waals surface area contributed by atoms with Crippen molar-refractivity contribution >= 4 is 23.3 Å². The molecule has 4 nitrogen and oxygen atoms in total. The number of nitrogens with two attached hydrogens (primary N) is 1. The fraction of sp³-hybridized carbons (Fsp3) is 0.533. The molecule has 0 amide bonds. The molecule has 0 aromatic heterocycles. The predicted molar refractivity (Wildman–Crippen MR) is 85.9 cm³/mol. The van der Waals surface area contributed by atoms with Gasteiger partial charge in [0.15, 0.2) is 5.84 Å². The van der Waals surface area contributed by atoms with Gasteiger partial charge in [-0.1, -0.05) is 25.1 Å². The number of hydrogen-bond donors (Lipinski definition) is 2. The molecule has 0 radical (unpaired) electrons. The molecule has 0 bridgehead atoms. The van der Waals surface area contributed by atoms with E-state index in [0.717, 1.165) is 28.4 Å². The maximum Gasteiger partial charge on any atom is 0.173 e. The molecule has 1 saturated heterocycles. The van der Waals surface area contributed by atoms with Crippen molar-refractivity contribution in [2.24, 2.45) is 16.8 Å². The number of nitrogens with zero attached hydrogens (tertiary/aromatic N) is 2. The standard InChI is InChI=1S/C15H23N3OS/c1-4-20-13-7-5-6-12(14(13)15(16)17-19)18-9-10(2)8-11(18)3/h5-7,10-11,19H,4,8-9H2,1-3H3,(H2,16,17). The van der Waals surface area contributed by atoms with E-state index >= 15 is 0 Å². The van der Waals surface area contributed by atoms with Gasteiger partial charge in [0.25, 0.3) is 0 Å². The highest BCUT2D eigenvalue weighted by atomic mass is 32.2. The summed E-state index contributed by atoms with van der Waals surface area (Å²) in [4.78, 5) is 3.45. The van der Waals surface area contributed by atoms with Crippen molar-refractivity contribution in [3.8, 4) is 0 Å². The average Bonchev–Trinajstić information content (AvgIpc) is 2.77. The lowest BCUT2D eigenvalue weighted by Gasteiger charge is -2.27. The highest BCUT2D eigenvalue weighted by Gasteiger charge is 2.29. The van der Waals surface area contributed by atoms with E-state index in [9.17, 15) is 0 Å². The summed E-state index contributed by atoms with van der Waals surface area (Å²) >= 11 is 1.72. The minimum Gasteiger partial charge on any atom is -0.409 e. The van der Waals surface area contributed by atoms with E-state index in [2.05, 4.69) is 43.0 Å². The second-order valence-corrected chi connectivity index (χ2v) is 6.72. The van der Waals surface area contributed by atoms with E-state index in [0.29, 0.717) is 12.0 Å². The fourth-order valence-electron chi connectivity index (χ4n) is 2.98. The highest BCUT2D eigenvalue weighted by Crippen LogP contribution is 2.35. The molecule has 1 aliphatic heterocycles. The molecule has 1 aliphatic rings. The molecule has 2 atom stereocenters. The topological polar surface area (TPSA) is 61.8 Å². The van der Waals surface area contributed by atoms with Crippen LogP contribution in [0.25, 0.3) is 0 Å². The highest BCUT2D eigenvalue weighted by molar-refractivity contribution is 7.99. The maximum atomic E-state index is 9.10. The van der Waals surface area contributed by atoms with Crippen LogP contribution in [0, 0.1) is 5.92 Å². The van der Waals surface area contributed by atoms with E-state index in [1.807, 2.05) is 6.07 Å². The van der Waals surface area contributed by atoms with Crippen molar-refractivity contribution in [3.63, 3.8) is 0 Å². The lowest BCUT2D eigenvalue weighted by molar-refractivity contribution is 0.318. The van der Waals surface area contributed by atoms with Gasteiger partial charge < -0.3 is 15.8 Å². The van der Waals surface area contributed by atoms with Gasteiger partial charge in [-0.25, -0.2) is 0 Å². The van der Waals surface area contributed by atoms with Crippen LogP contribution in [0.3, 0.4) is 0 Å². The Hall–Kier alpha value is -1.36. The first-order chi connectivity index (χ1) is 9.58. The lowest BCUT2D eigenvalue weighted by atomic mass is 10.1. The van der Waals surface area contributed by atoms with E-state index in [4.69, 9.17) is 10.9 Å². The lowest BCUT2D eigenvalue weighted by Crippen LogP contribution is -2.30. The Bertz CT molecular complexity index is 504. The predicted octanol–water partition coefficient (Wildman–Crippen LogP) is 3.13. The quantitative estimate of drug-likeness (QED) is 0.294. The molecule has 1 aromatic rings. The minimum atomic E-state index is 0.198. The SMILES string of the molecule is CCSc1cccc(N2CC(C)CC2C)c1/C(N)=N/O. The number of benzene rings is 1. The number of hydrogen-bond acceptors (Lipinski definition) is 4. The van der Waals surface area contributed by atoms with Gasteiger partial charge in [0.05, 0.1) is 5.56 Å². The van der Waals surface area contributed by atoms with Gasteiger partial charge in [-0.2, -0.15) is 0 Å². The zero-order valence-corrected chi connectivity index (χ0v) is 13.2. The van der Waals surface area contributed by atoms with Gasteiger partial charge in [-0.05, 0) is 37.1 Å². The monoisotopic (exact) mass is 293 g/mol. The molecule has 1 heterocycles. The third kappa shape index (κ3) is 2.87. The Morgan fingerprint density at radius 2 is 2.25 bits per heavy atom. The van der Waals surface area contributed by atoms with E-state index in [-0.39, 0.29) is 5.84 Å². The summed E-state index contributed by atoms with van der Waals surface area (Å²) in [7, 11) is 0. The first kappa shape index (κ1) is 15.0. The van der Waals surface area contributed by atoms with Crippen LogP contribution in [-0.2, 0) is 0 Å². The molecular weight excluding hydrogens is 270 g/mol. The van der Waals surface area contributed by atoms with Crippen LogP contribution in [0.2, 0.25) is 0 Å². The molecule has 20 heavy (non-hydrogen) atoms. The third-order valence-electron chi connectivity index (χ3n) is 3.76. The van der Waals surface area contributed by atoms with E-state index in [1.54, 1.807) is 11.8 Å². The van der Waals surface area contributed by atoms with Crippen molar-refractivity contribution in [3.05, 3.63) is 23.8 Å². The summed E-state index contributed by atoms with van der Waals surface area (Å²) < 4.78 is 0. The average molecular weight is 293 g/mol. The Balaban J connectivity index is 2.49. The van der Waals surface area contributed by atoms with Crippen LogP contribution in [0.5, 0.6) is 0 Å². The first-order valence-electron chi connectivity index (χ1n) is 7.08. The fourth-order valence-corrected chi connectivity index (χ4v) is 3.82. The number of anilines is 1. The van der Waals surface area contributed by atoms with Crippen LogP contribution >= 0.6 is 11.8 Å². The Morgan fingerprint density at radius 1 is 1.50 bits per heavy atom. The number of thioether (sulfide) groups is 1. The molecule has 110 valence electrons. The largest absolute Gasteiger partial charge is 0.409 e. The zero-order chi connectivity index (χ0) is 14.7. The van der Waals surface area contributed by atoms with Crippen molar-refractivity contribution in [1.82, 2.24) is 0 Å². The smallest absolute Gasteiger partial charge is 0.173 e. The van der Waals surface area contributed by atoms with Crippen molar-refractivity contribution in [1.29, 1.82) is 0 Å². The molecule has 5 heteroatoms. The van der Waals surface area contributed by atoms with Gasteiger partial charge in [-0.3, -0.25) is 0 Å². The number of oxime groups is 1. The Labute approximate surface area is 125 Å². The van der Waals surface area contributed by atoms with Gasteiger partial charge in [0, 0.05) is 23.2 Å². The molecule has 0 aliphatic carbocycles. The van der Waals surface area contributed by atoms with Crippen LogP contribution in [0.1, 0.15) is 32.8 Å². The Morgan fingerprint density at radius 3 is 2.80 bits per heavy atom. The molecular formula is C15H23N3OS. The van der Waals surface area contributed by atoms with Gasteiger partial charge >= 0.3 is 0 Å². The summed E-state index contributed by atoms with van der Waals surface area (Å²) in [6.07, 6.45) is 1.18. The summed E-state index contributed by atoms with van der Waals surface area (Å²) in [5.74, 6) is 1.83. The molecule has 1 fully saturated rings. The summed E-state index contributed by atoms with van der Waals surface area (Å²) in [5.41, 5.74) is 7.88. The molecule has 2 rings (SSSR count). The third-order valence-corrected chi connectivity index (χ3v) is 4.70. The van der Waals surface area contributed by atoms with E-state index in [1.165, 1.54) is 6.42 Å². The zero-order valence-electron chi connectivity index (χ0n) is 12.3. The summed E-state index contributed by atoms with van der Waals surface area (Å²) in [6, 6.07) is 6.64. The number of rotatable bonds is 4.